The highest BCUT2D eigenvalue weighted by molar-refractivity contribution is 5.86. The molecule has 6 heteroatoms. The fourth-order valence-corrected chi connectivity index (χ4v) is 3.78. The number of amides is 1. The van der Waals surface area contributed by atoms with E-state index in [1.807, 2.05) is 20.8 Å². The summed E-state index contributed by atoms with van der Waals surface area (Å²) in [5.74, 6) is -0.342. The van der Waals surface area contributed by atoms with Crippen molar-refractivity contribution < 1.29 is 19.1 Å². The van der Waals surface area contributed by atoms with Crippen LogP contribution in [-0.4, -0.2) is 54.8 Å². The van der Waals surface area contributed by atoms with E-state index in [2.05, 4.69) is 23.5 Å². The Balaban J connectivity index is 1.94. The van der Waals surface area contributed by atoms with Gasteiger partial charge in [-0.15, -0.1) is 0 Å². The number of nitrogens with zero attached hydrogens (tertiary/aromatic N) is 1. The number of ether oxygens (including phenoxy) is 2. The highest BCUT2D eigenvalue weighted by atomic mass is 16.6. The van der Waals surface area contributed by atoms with Crippen molar-refractivity contribution in [1.29, 1.82) is 0 Å². The zero-order valence-electron chi connectivity index (χ0n) is 17.2. The van der Waals surface area contributed by atoms with Crippen LogP contribution in [0, 0.1) is 0 Å². The molecule has 0 radical (unpaired) electrons. The molecule has 1 N–H and O–H groups in total. The third kappa shape index (κ3) is 5.83. The number of methoxy groups -OCH3 is 1. The number of esters is 1. The number of allylic oxidation sites excluding steroid dienone is 3. The zero-order chi connectivity index (χ0) is 19.9. The second-order valence-electron chi connectivity index (χ2n) is 8.33. The predicted octanol–water partition coefficient (Wildman–Crippen LogP) is 3.58. The largest absolute Gasteiger partial charge is 0.467 e. The van der Waals surface area contributed by atoms with E-state index in [9.17, 15) is 9.59 Å². The van der Waals surface area contributed by atoms with Crippen molar-refractivity contribution in [2.45, 2.75) is 70.4 Å². The fourth-order valence-electron chi connectivity index (χ4n) is 3.78. The van der Waals surface area contributed by atoms with Crippen molar-refractivity contribution in [2.24, 2.45) is 0 Å². The first-order valence-electron chi connectivity index (χ1n) is 9.93. The summed E-state index contributed by atoms with van der Waals surface area (Å²) < 4.78 is 10.6. The Labute approximate surface area is 163 Å². The monoisotopic (exact) mass is 378 g/mol. The minimum Gasteiger partial charge on any atom is -0.467 e. The number of carbonyl (C=O) groups excluding carboxylic acids is 2. The normalized spacial score (nSPS) is 22.5. The molecule has 2 rings (SSSR count). The van der Waals surface area contributed by atoms with E-state index in [0.29, 0.717) is 19.4 Å². The molecule has 1 saturated heterocycles. The minimum absolute atomic E-state index is 0.342. The predicted molar refractivity (Wildman–Crippen MR) is 105 cm³/mol. The quantitative estimate of drug-likeness (QED) is 0.542. The van der Waals surface area contributed by atoms with Crippen molar-refractivity contribution in [2.75, 3.05) is 26.7 Å². The van der Waals surface area contributed by atoms with Crippen LogP contribution in [0.3, 0.4) is 0 Å². The molecule has 6 nitrogen and oxygen atoms in total. The maximum atomic E-state index is 12.7. The van der Waals surface area contributed by atoms with Gasteiger partial charge in [0.15, 0.2) is 0 Å². The Morgan fingerprint density at radius 1 is 1.33 bits per heavy atom. The number of carbonyl (C=O) groups is 2. The van der Waals surface area contributed by atoms with Crippen molar-refractivity contribution in [3.05, 3.63) is 23.8 Å². The van der Waals surface area contributed by atoms with E-state index < -0.39 is 17.2 Å². The average molecular weight is 379 g/mol. The summed E-state index contributed by atoms with van der Waals surface area (Å²) in [6.45, 7) is 7.68. The number of likely N-dealkylation sites (tertiary alicyclic amines) is 1. The molecular formula is C21H34N2O4. The number of nitrogens with one attached hydrogen (secondary N) is 1. The van der Waals surface area contributed by atoms with Gasteiger partial charge in [-0.05, 0) is 65.8 Å². The second kappa shape index (κ2) is 9.40. The van der Waals surface area contributed by atoms with E-state index in [0.717, 1.165) is 38.8 Å². The molecular weight excluding hydrogens is 344 g/mol. The topological polar surface area (TPSA) is 67.9 Å². The van der Waals surface area contributed by atoms with Crippen LogP contribution in [0.15, 0.2) is 23.8 Å². The van der Waals surface area contributed by atoms with Gasteiger partial charge in [-0.25, -0.2) is 9.59 Å². The number of hydrogen-bond acceptors (Lipinski definition) is 5. The molecule has 1 aliphatic heterocycles. The van der Waals surface area contributed by atoms with Gasteiger partial charge in [-0.2, -0.15) is 0 Å². The molecule has 1 heterocycles. The highest BCUT2D eigenvalue weighted by Gasteiger charge is 2.51. The van der Waals surface area contributed by atoms with Crippen molar-refractivity contribution in [3.63, 3.8) is 0 Å². The van der Waals surface area contributed by atoms with Crippen LogP contribution in [0.5, 0.6) is 0 Å². The van der Waals surface area contributed by atoms with Gasteiger partial charge >= 0.3 is 12.1 Å². The molecule has 0 aromatic rings. The molecule has 0 bridgehead atoms. The number of hydrogen-bond donors (Lipinski definition) is 1. The molecule has 0 spiro atoms. The van der Waals surface area contributed by atoms with E-state index in [1.54, 1.807) is 4.90 Å². The summed E-state index contributed by atoms with van der Waals surface area (Å²) in [6.07, 6.45) is 11.0. The molecule has 152 valence electrons. The molecule has 1 atom stereocenters. The highest BCUT2D eigenvalue weighted by Crippen LogP contribution is 2.36. The van der Waals surface area contributed by atoms with Gasteiger partial charge in [-0.1, -0.05) is 23.8 Å². The fraction of sp³-hybridized carbons (Fsp3) is 0.714. The Bertz CT molecular complexity index is 591. The van der Waals surface area contributed by atoms with Gasteiger partial charge in [-0.3, -0.25) is 4.90 Å². The summed E-state index contributed by atoms with van der Waals surface area (Å²) in [5, 5.41) is 3.45. The summed E-state index contributed by atoms with van der Waals surface area (Å²) in [5.41, 5.74) is -0.104. The van der Waals surface area contributed by atoms with Crippen molar-refractivity contribution in [1.82, 2.24) is 10.2 Å². The molecule has 1 fully saturated rings. The van der Waals surface area contributed by atoms with E-state index in [-0.39, 0.29) is 5.97 Å². The van der Waals surface area contributed by atoms with Crippen LogP contribution in [0.2, 0.25) is 0 Å². The van der Waals surface area contributed by atoms with Crippen LogP contribution >= 0.6 is 0 Å². The van der Waals surface area contributed by atoms with Gasteiger partial charge in [0.25, 0.3) is 0 Å². The van der Waals surface area contributed by atoms with Crippen LogP contribution in [-0.2, 0) is 14.3 Å². The lowest BCUT2D eigenvalue weighted by molar-refractivity contribution is -0.153. The molecule has 1 unspecified atom stereocenters. The zero-order valence-corrected chi connectivity index (χ0v) is 17.2. The molecule has 1 aliphatic carbocycles. The summed E-state index contributed by atoms with van der Waals surface area (Å²) >= 11 is 0. The lowest BCUT2D eigenvalue weighted by Crippen LogP contribution is -2.55. The van der Waals surface area contributed by atoms with Crippen LogP contribution in [0.4, 0.5) is 4.79 Å². The van der Waals surface area contributed by atoms with Gasteiger partial charge in [0.05, 0.1) is 7.11 Å². The van der Waals surface area contributed by atoms with Gasteiger partial charge < -0.3 is 14.8 Å². The molecule has 0 aromatic carbocycles. The Morgan fingerprint density at radius 3 is 2.74 bits per heavy atom. The Hall–Kier alpha value is -1.82. The van der Waals surface area contributed by atoms with E-state index in [1.165, 1.54) is 12.7 Å². The number of rotatable bonds is 7. The minimum atomic E-state index is -0.911. The van der Waals surface area contributed by atoms with Crippen LogP contribution in [0.1, 0.15) is 59.3 Å². The van der Waals surface area contributed by atoms with Crippen LogP contribution < -0.4 is 5.32 Å². The maximum absolute atomic E-state index is 12.7. The Morgan fingerprint density at radius 2 is 2.11 bits per heavy atom. The van der Waals surface area contributed by atoms with E-state index in [4.69, 9.17) is 9.47 Å². The summed E-state index contributed by atoms with van der Waals surface area (Å²) in [4.78, 5) is 26.9. The SMILES string of the molecule is COC(=O)C1(CCCNCC2=CC=CCC2)CCCN1C(=O)OC(C)(C)C. The smallest absolute Gasteiger partial charge is 0.411 e. The first kappa shape index (κ1) is 21.5. The third-order valence-electron chi connectivity index (χ3n) is 5.06. The molecule has 2 aliphatic rings. The Kier molecular flexibility index (Phi) is 7.48. The molecule has 0 aromatic heterocycles. The van der Waals surface area contributed by atoms with Gasteiger partial charge in [0, 0.05) is 13.1 Å². The first-order chi connectivity index (χ1) is 12.8. The third-order valence-corrected chi connectivity index (χ3v) is 5.06. The van der Waals surface area contributed by atoms with Crippen molar-refractivity contribution >= 4 is 12.1 Å². The first-order valence-corrected chi connectivity index (χ1v) is 9.93. The maximum Gasteiger partial charge on any atom is 0.411 e. The van der Waals surface area contributed by atoms with Crippen LogP contribution in [0.25, 0.3) is 0 Å². The average Bonchev–Trinajstić information content (AvgIpc) is 3.05. The lowest BCUT2D eigenvalue weighted by Gasteiger charge is -2.37. The summed E-state index contributed by atoms with van der Waals surface area (Å²) in [6, 6.07) is 0. The van der Waals surface area contributed by atoms with Gasteiger partial charge in [0.2, 0.25) is 0 Å². The van der Waals surface area contributed by atoms with Gasteiger partial charge in [0.1, 0.15) is 11.1 Å². The standard InChI is InChI=1S/C21H34N2O4/c1-20(2,3)27-19(25)23-15-9-13-21(23,18(24)26-4)12-8-14-22-16-17-10-6-5-7-11-17/h5-6,10,22H,7-9,11-16H2,1-4H3. The molecule has 0 saturated carbocycles. The molecule has 1 amide bonds. The second-order valence-corrected chi connectivity index (χ2v) is 8.33. The van der Waals surface area contributed by atoms with E-state index >= 15 is 0 Å². The lowest BCUT2D eigenvalue weighted by atomic mass is 9.90. The van der Waals surface area contributed by atoms with Crippen molar-refractivity contribution in [3.8, 4) is 0 Å². The summed E-state index contributed by atoms with van der Waals surface area (Å²) in [7, 11) is 1.39. The molecule has 27 heavy (non-hydrogen) atoms.